The molecule has 1 aliphatic heterocycles. The highest BCUT2D eigenvalue weighted by molar-refractivity contribution is 7.89. The molecule has 0 spiro atoms. The number of carbonyl (C=O) groups excluding carboxylic acids is 1. The molecule has 0 saturated heterocycles. The molecular weight excluding hydrogens is 333 g/mol. The number of rotatable bonds is 3. The van der Waals surface area contributed by atoms with Gasteiger partial charge in [0.1, 0.15) is 10.7 Å². The van der Waals surface area contributed by atoms with Gasteiger partial charge in [-0.25, -0.2) is 12.8 Å². The summed E-state index contributed by atoms with van der Waals surface area (Å²) in [6.45, 7) is 1.95. The van der Waals surface area contributed by atoms with Crippen LogP contribution in [0.15, 0.2) is 47.4 Å². The number of hydrogen-bond acceptors (Lipinski definition) is 4. The second-order valence-corrected chi connectivity index (χ2v) is 7.02. The minimum atomic E-state index is -3.90. The van der Waals surface area contributed by atoms with Crippen molar-refractivity contribution in [2.75, 3.05) is 10.6 Å². The van der Waals surface area contributed by atoms with Crippen molar-refractivity contribution in [3.8, 4) is 0 Å². The molecule has 0 aliphatic carbocycles. The third-order valence-corrected chi connectivity index (χ3v) is 5.20. The van der Waals surface area contributed by atoms with Crippen LogP contribution in [0.5, 0.6) is 0 Å². The average Bonchev–Trinajstić information content (AvgIpc) is 2.54. The maximum atomic E-state index is 13.4. The van der Waals surface area contributed by atoms with Crippen molar-refractivity contribution in [1.29, 1.82) is 0 Å². The fourth-order valence-corrected chi connectivity index (χ4v) is 3.79. The molecule has 6 nitrogen and oxygen atoms in total. The van der Waals surface area contributed by atoms with Gasteiger partial charge in [0.2, 0.25) is 10.0 Å². The lowest BCUT2D eigenvalue weighted by atomic mass is 10.1. The monoisotopic (exact) mass is 349 g/mol. The number of hydrogen-bond donors (Lipinski definition) is 3. The van der Waals surface area contributed by atoms with Gasteiger partial charge in [-0.1, -0.05) is 25.1 Å². The summed E-state index contributed by atoms with van der Waals surface area (Å²) in [5.41, 5.74) is 1.59. The Labute approximate surface area is 139 Å². The summed E-state index contributed by atoms with van der Waals surface area (Å²) in [5, 5.41) is 5.40. The summed E-state index contributed by atoms with van der Waals surface area (Å²) in [6.07, 6.45) is -0.511. The molecule has 0 bridgehead atoms. The normalized spacial score (nSPS) is 18.3. The van der Waals surface area contributed by atoms with Crippen LogP contribution in [-0.4, -0.2) is 20.5 Å². The first-order valence-corrected chi connectivity index (χ1v) is 8.86. The van der Waals surface area contributed by atoms with Crippen molar-refractivity contribution in [2.45, 2.75) is 24.4 Å². The highest BCUT2D eigenvalue weighted by Gasteiger charge is 2.33. The average molecular weight is 349 g/mol. The van der Waals surface area contributed by atoms with Gasteiger partial charge in [0.05, 0.1) is 5.69 Å². The van der Waals surface area contributed by atoms with Crippen LogP contribution in [0.2, 0.25) is 0 Å². The number of sulfonamides is 1. The number of benzene rings is 2. The number of fused-ring (bicyclic) bond motifs is 1. The Hall–Kier alpha value is -2.45. The van der Waals surface area contributed by atoms with Crippen molar-refractivity contribution in [3.63, 3.8) is 0 Å². The molecule has 2 aromatic carbocycles. The Balaban J connectivity index is 1.87. The third-order valence-electron chi connectivity index (χ3n) is 3.72. The van der Waals surface area contributed by atoms with Crippen LogP contribution in [-0.2, 0) is 21.2 Å². The number of para-hydroxylation sites is 1. The molecule has 0 saturated carbocycles. The second-order valence-electron chi connectivity index (χ2n) is 5.34. The fraction of sp³-hybridized carbons (Fsp3) is 0.188. The predicted octanol–water partition coefficient (Wildman–Crippen LogP) is 2.06. The lowest BCUT2D eigenvalue weighted by molar-refractivity contribution is -0.117. The van der Waals surface area contributed by atoms with E-state index in [0.29, 0.717) is 12.1 Å². The van der Waals surface area contributed by atoms with Gasteiger partial charge < -0.3 is 10.6 Å². The van der Waals surface area contributed by atoms with Crippen LogP contribution in [0.4, 0.5) is 15.8 Å². The lowest BCUT2D eigenvalue weighted by Gasteiger charge is -2.27. The Morgan fingerprint density at radius 2 is 2.00 bits per heavy atom. The second kappa shape index (κ2) is 6.21. The van der Waals surface area contributed by atoms with E-state index in [1.807, 2.05) is 19.1 Å². The fourth-order valence-electron chi connectivity index (χ4n) is 2.53. The molecule has 1 aliphatic rings. The minimum absolute atomic E-state index is 0.0534. The number of anilines is 2. The van der Waals surface area contributed by atoms with Crippen LogP contribution in [0.3, 0.4) is 0 Å². The van der Waals surface area contributed by atoms with Gasteiger partial charge in [-0.05, 0) is 36.2 Å². The van der Waals surface area contributed by atoms with Crippen LogP contribution >= 0.6 is 0 Å². The lowest BCUT2D eigenvalue weighted by Crippen LogP contribution is -2.51. The summed E-state index contributed by atoms with van der Waals surface area (Å²) in [6, 6.07) is 10.5. The maximum absolute atomic E-state index is 13.4. The molecule has 24 heavy (non-hydrogen) atoms. The number of carbonyl (C=O) groups is 1. The van der Waals surface area contributed by atoms with E-state index in [9.17, 15) is 17.6 Å². The molecule has 126 valence electrons. The van der Waals surface area contributed by atoms with E-state index >= 15 is 0 Å². The first-order valence-electron chi connectivity index (χ1n) is 7.38. The molecule has 8 heteroatoms. The summed E-state index contributed by atoms with van der Waals surface area (Å²) < 4.78 is 40.1. The van der Waals surface area contributed by atoms with Gasteiger partial charge in [-0.3, -0.25) is 4.79 Å². The maximum Gasteiger partial charge on any atom is 0.262 e. The summed E-state index contributed by atoms with van der Waals surface area (Å²) in [7, 11) is -3.90. The molecule has 1 atom stereocenters. The van der Waals surface area contributed by atoms with Crippen molar-refractivity contribution >= 4 is 27.3 Å². The van der Waals surface area contributed by atoms with E-state index in [2.05, 4.69) is 15.4 Å². The molecule has 1 amide bonds. The van der Waals surface area contributed by atoms with Gasteiger partial charge in [0.15, 0.2) is 6.17 Å². The molecule has 3 rings (SSSR count). The first-order chi connectivity index (χ1) is 11.4. The topological polar surface area (TPSA) is 87.3 Å². The Kier molecular flexibility index (Phi) is 4.25. The van der Waals surface area contributed by atoms with E-state index in [-0.39, 0.29) is 10.6 Å². The van der Waals surface area contributed by atoms with Crippen LogP contribution in [0.25, 0.3) is 0 Å². The van der Waals surface area contributed by atoms with E-state index in [1.54, 1.807) is 12.1 Å². The molecule has 1 heterocycles. The van der Waals surface area contributed by atoms with Crippen molar-refractivity contribution in [3.05, 3.63) is 53.8 Å². The molecule has 2 aromatic rings. The van der Waals surface area contributed by atoms with E-state index in [4.69, 9.17) is 0 Å². The Bertz CT molecular complexity index is 899. The van der Waals surface area contributed by atoms with Crippen LogP contribution in [0, 0.1) is 5.82 Å². The molecule has 0 radical (unpaired) electrons. The Morgan fingerprint density at radius 3 is 2.75 bits per heavy atom. The van der Waals surface area contributed by atoms with Gasteiger partial charge in [0, 0.05) is 5.69 Å². The number of halogens is 1. The molecule has 0 fully saturated rings. The van der Waals surface area contributed by atoms with Crippen molar-refractivity contribution in [2.24, 2.45) is 0 Å². The zero-order valence-corrected chi connectivity index (χ0v) is 13.7. The van der Waals surface area contributed by atoms with Crippen molar-refractivity contribution < 1.29 is 17.6 Å². The SMILES string of the molecule is CCc1ccccc1NC(=O)[C@@H]1Nc2cc(F)ccc2S(=O)(=O)N1. The van der Waals surface area contributed by atoms with Gasteiger partial charge in [-0.2, -0.15) is 4.72 Å². The Morgan fingerprint density at radius 1 is 1.25 bits per heavy atom. The summed E-state index contributed by atoms with van der Waals surface area (Å²) in [4.78, 5) is 12.3. The minimum Gasteiger partial charge on any atom is -0.360 e. The van der Waals surface area contributed by atoms with Gasteiger partial charge >= 0.3 is 0 Å². The van der Waals surface area contributed by atoms with E-state index < -0.39 is 27.9 Å². The molecule has 0 unspecified atom stereocenters. The van der Waals surface area contributed by atoms with Crippen molar-refractivity contribution in [1.82, 2.24) is 4.72 Å². The number of nitrogens with one attached hydrogen (secondary N) is 3. The zero-order valence-electron chi connectivity index (χ0n) is 12.8. The van der Waals surface area contributed by atoms with Crippen LogP contribution in [0.1, 0.15) is 12.5 Å². The largest absolute Gasteiger partial charge is 0.360 e. The highest BCUT2D eigenvalue weighted by Crippen LogP contribution is 2.27. The van der Waals surface area contributed by atoms with Gasteiger partial charge in [0.25, 0.3) is 5.91 Å². The molecular formula is C16H16FN3O3S. The molecule has 3 N–H and O–H groups in total. The third kappa shape index (κ3) is 3.10. The zero-order chi connectivity index (χ0) is 17.3. The smallest absolute Gasteiger partial charge is 0.262 e. The quantitative estimate of drug-likeness (QED) is 0.791. The summed E-state index contributed by atoms with van der Waals surface area (Å²) in [5.74, 6) is -1.16. The number of amides is 1. The van der Waals surface area contributed by atoms with E-state index in [1.165, 1.54) is 0 Å². The first kappa shape index (κ1) is 16.4. The summed E-state index contributed by atoms with van der Waals surface area (Å²) >= 11 is 0. The van der Waals surface area contributed by atoms with Gasteiger partial charge in [-0.15, -0.1) is 0 Å². The van der Waals surface area contributed by atoms with Crippen LogP contribution < -0.4 is 15.4 Å². The van der Waals surface area contributed by atoms with E-state index in [0.717, 1.165) is 23.8 Å². The predicted molar refractivity (Wildman–Crippen MR) is 88.6 cm³/mol. The number of aryl methyl sites for hydroxylation is 1. The standard InChI is InChI=1S/C16H16FN3O3S/c1-2-10-5-3-4-6-12(10)19-16(21)15-18-13-9-11(17)7-8-14(13)24(22,23)20-15/h3-9,15,18,20H,2H2,1H3,(H,19,21)/t15-/m1/s1. The highest BCUT2D eigenvalue weighted by atomic mass is 32.2. The molecule has 0 aromatic heterocycles.